The first-order valence-electron chi connectivity index (χ1n) is 8.26. The summed E-state index contributed by atoms with van der Waals surface area (Å²) in [6, 6.07) is 1.57. The highest BCUT2D eigenvalue weighted by atomic mass is 16.5. The van der Waals surface area contributed by atoms with Crippen LogP contribution < -0.4 is 0 Å². The van der Waals surface area contributed by atoms with Gasteiger partial charge in [0.1, 0.15) is 0 Å². The van der Waals surface area contributed by atoms with E-state index in [9.17, 15) is 0 Å². The number of rotatable bonds is 6. The van der Waals surface area contributed by atoms with E-state index in [1.807, 2.05) is 0 Å². The van der Waals surface area contributed by atoms with E-state index in [2.05, 4.69) is 30.6 Å². The molecule has 2 heterocycles. The summed E-state index contributed by atoms with van der Waals surface area (Å²) in [6.07, 6.45) is 5.51. The van der Waals surface area contributed by atoms with Crippen LogP contribution in [0.2, 0.25) is 0 Å². The Hall–Kier alpha value is -0.120. The van der Waals surface area contributed by atoms with Crippen LogP contribution in [0.3, 0.4) is 0 Å². The number of fused-ring (bicyclic) bond motifs is 1. The third-order valence-electron chi connectivity index (χ3n) is 4.60. The average molecular weight is 268 g/mol. The summed E-state index contributed by atoms with van der Waals surface area (Å²) >= 11 is 0. The summed E-state index contributed by atoms with van der Waals surface area (Å²) in [6.45, 7) is 13.6. The van der Waals surface area contributed by atoms with Gasteiger partial charge < -0.3 is 4.74 Å². The van der Waals surface area contributed by atoms with Crippen LogP contribution in [0.4, 0.5) is 0 Å². The van der Waals surface area contributed by atoms with E-state index in [0.29, 0.717) is 5.92 Å². The smallest absolute Gasteiger partial charge is 0.0593 e. The average Bonchev–Trinajstić information content (AvgIpc) is 2.42. The molecule has 2 unspecified atom stereocenters. The van der Waals surface area contributed by atoms with Crippen LogP contribution in [0.15, 0.2) is 0 Å². The van der Waals surface area contributed by atoms with Gasteiger partial charge in [-0.25, -0.2) is 0 Å². The monoisotopic (exact) mass is 268 g/mol. The molecule has 3 heteroatoms. The Morgan fingerprint density at radius 2 is 2.05 bits per heavy atom. The van der Waals surface area contributed by atoms with Crippen LogP contribution in [0.5, 0.6) is 0 Å². The van der Waals surface area contributed by atoms with Crippen molar-refractivity contribution < 1.29 is 4.74 Å². The summed E-state index contributed by atoms with van der Waals surface area (Å²) in [5, 5.41) is 0. The Balaban J connectivity index is 1.77. The van der Waals surface area contributed by atoms with Gasteiger partial charge in [-0.05, 0) is 31.7 Å². The highest BCUT2D eigenvalue weighted by Gasteiger charge is 2.33. The quantitative estimate of drug-likeness (QED) is 0.689. The second-order valence-corrected chi connectivity index (χ2v) is 6.67. The van der Waals surface area contributed by atoms with Crippen molar-refractivity contribution in [1.82, 2.24) is 9.80 Å². The fraction of sp³-hybridized carbons (Fsp3) is 1.00. The molecule has 0 saturated carbocycles. The minimum Gasteiger partial charge on any atom is -0.380 e. The van der Waals surface area contributed by atoms with Crippen molar-refractivity contribution in [2.24, 2.45) is 5.92 Å². The molecule has 3 nitrogen and oxygen atoms in total. The molecule has 0 amide bonds. The fourth-order valence-electron chi connectivity index (χ4n) is 3.48. The van der Waals surface area contributed by atoms with Crippen LogP contribution in [-0.2, 0) is 4.74 Å². The maximum Gasteiger partial charge on any atom is 0.0593 e. The molecule has 2 aliphatic rings. The minimum atomic E-state index is 0.650. The third kappa shape index (κ3) is 4.44. The van der Waals surface area contributed by atoms with Crippen molar-refractivity contribution in [2.75, 3.05) is 39.4 Å². The number of hydrogen-bond acceptors (Lipinski definition) is 3. The fourth-order valence-corrected chi connectivity index (χ4v) is 3.48. The molecule has 0 spiro atoms. The summed E-state index contributed by atoms with van der Waals surface area (Å²) < 4.78 is 5.77. The summed E-state index contributed by atoms with van der Waals surface area (Å²) in [7, 11) is 0. The lowest BCUT2D eigenvalue weighted by molar-refractivity contribution is -0.00966. The summed E-state index contributed by atoms with van der Waals surface area (Å²) in [4.78, 5) is 5.43. The molecule has 0 aromatic carbocycles. The zero-order chi connectivity index (χ0) is 13.7. The lowest BCUT2D eigenvalue weighted by Gasteiger charge is -2.48. The van der Waals surface area contributed by atoms with E-state index in [1.54, 1.807) is 0 Å². The molecule has 0 aromatic heterocycles. The van der Waals surface area contributed by atoms with Gasteiger partial charge >= 0.3 is 0 Å². The summed E-state index contributed by atoms with van der Waals surface area (Å²) in [5.74, 6) is 0.650. The Labute approximate surface area is 119 Å². The maximum atomic E-state index is 5.77. The minimum absolute atomic E-state index is 0.650. The molecule has 2 fully saturated rings. The predicted octanol–water partition coefficient (Wildman–Crippen LogP) is 2.61. The van der Waals surface area contributed by atoms with Gasteiger partial charge in [-0.15, -0.1) is 0 Å². The number of ether oxygens (including phenoxy) is 1. The molecular weight excluding hydrogens is 236 g/mol. The number of hydrogen-bond donors (Lipinski definition) is 0. The van der Waals surface area contributed by atoms with Gasteiger partial charge in [-0.3, -0.25) is 9.80 Å². The Kier molecular flexibility index (Phi) is 6.11. The van der Waals surface area contributed by atoms with Crippen LogP contribution in [0.1, 0.15) is 46.5 Å². The molecule has 2 saturated heterocycles. The van der Waals surface area contributed by atoms with Crippen molar-refractivity contribution in [2.45, 2.75) is 58.5 Å². The number of piperazine rings is 1. The van der Waals surface area contributed by atoms with Gasteiger partial charge in [-0.1, -0.05) is 27.2 Å². The standard InChI is InChI=1S/C16H32N2O/c1-4-15-11-17-8-6-5-7-16(17)12-18(15)9-10-19-13-14(2)3/h14-16H,4-13H2,1-3H3. The van der Waals surface area contributed by atoms with Crippen molar-refractivity contribution in [3.05, 3.63) is 0 Å². The number of nitrogens with zero attached hydrogens (tertiary/aromatic N) is 2. The maximum absolute atomic E-state index is 5.77. The lowest BCUT2D eigenvalue weighted by Crippen LogP contribution is -2.59. The van der Waals surface area contributed by atoms with E-state index < -0.39 is 0 Å². The van der Waals surface area contributed by atoms with Gasteiger partial charge in [0.05, 0.1) is 6.61 Å². The van der Waals surface area contributed by atoms with Crippen LogP contribution >= 0.6 is 0 Å². The third-order valence-corrected chi connectivity index (χ3v) is 4.60. The Bertz CT molecular complexity index is 257. The van der Waals surface area contributed by atoms with E-state index in [-0.39, 0.29) is 0 Å². The molecule has 2 aliphatic heterocycles. The van der Waals surface area contributed by atoms with Gasteiger partial charge in [0.25, 0.3) is 0 Å². The Morgan fingerprint density at radius 1 is 1.21 bits per heavy atom. The topological polar surface area (TPSA) is 15.7 Å². The van der Waals surface area contributed by atoms with Crippen LogP contribution in [0.25, 0.3) is 0 Å². The highest BCUT2D eigenvalue weighted by Crippen LogP contribution is 2.24. The molecule has 0 N–H and O–H groups in total. The Morgan fingerprint density at radius 3 is 2.79 bits per heavy atom. The molecule has 19 heavy (non-hydrogen) atoms. The van der Waals surface area contributed by atoms with E-state index in [0.717, 1.165) is 31.8 Å². The second kappa shape index (κ2) is 7.61. The zero-order valence-electron chi connectivity index (χ0n) is 13.1. The van der Waals surface area contributed by atoms with Crippen molar-refractivity contribution in [3.8, 4) is 0 Å². The predicted molar refractivity (Wildman–Crippen MR) is 80.5 cm³/mol. The van der Waals surface area contributed by atoms with Crippen molar-refractivity contribution in [1.29, 1.82) is 0 Å². The number of piperidine rings is 1. The first kappa shape index (κ1) is 15.3. The molecule has 2 atom stereocenters. The first-order chi connectivity index (χ1) is 9.20. The largest absolute Gasteiger partial charge is 0.380 e. The van der Waals surface area contributed by atoms with E-state index in [4.69, 9.17) is 4.74 Å². The second-order valence-electron chi connectivity index (χ2n) is 6.67. The first-order valence-corrected chi connectivity index (χ1v) is 8.26. The molecule has 0 aromatic rings. The van der Waals surface area contributed by atoms with Gasteiger partial charge in [0.15, 0.2) is 0 Å². The SMILES string of the molecule is CCC1CN2CCCCC2CN1CCOCC(C)C. The van der Waals surface area contributed by atoms with E-state index in [1.165, 1.54) is 45.3 Å². The van der Waals surface area contributed by atoms with Crippen molar-refractivity contribution >= 4 is 0 Å². The molecule has 112 valence electrons. The van der Waals surface area contributed by atoms with Gasteiger partial charge in [-0.2, -0.15) is 0 Å². The van der Waals surface area contributed by atoms with Gasteiger partial charge in [0.2, 0.25) is 0 Å². The van der Waals surface area contributed by atoms with E-state index >= 15 is 0 Å². The molecular formula is C16H32N2O. The highest BCUT2D eigenvalue weighted by molar-refractivity contribution is 4.90. The van der Waals surface area contributed by atoms with Crippen LogP contribution in [-0.4, -0.2) is 61.3 Å². The zero-order valence-corrected chi connectivity index (χ0v) is 13.1. The molecule has 0 radical (unpaired) electrons. The molecule has 0 aliphatic carbocycles. The van der Waals surface area contributed by atoms with Crippen molar-refractivity contribution in [3.63, 3.8) is 0 Å². The van der Waals surface area contributed by atoms with Crippen LogP contribution in [0, 0.1) is 5.92 Å². The normalized spacial score (nSPS) is 29.7. The molecule has 2 rings (SSSR count). The molecule has 0 bridgehead atoms. The van der Waals surface area contributed by atoms with Gasteiger partial charge in [0, 0.05) is 38.3 Å². The summed E-state index contributed by atoms with van der Waals surface area (Å²) in [5.41, 5.74) is 0. The lowest BCUT2D eigenvalue weighted by atomic mass is 9.96.